The Morgan fingerprint density at radius 3 is 2.41 bits per heavy atom. The van der Waals surface area contributed by atoms with Gasteiger partial charge in [-0.25, -0.2) is 4.79 Å². The second kappa shape index (κ2) is 5.05. The molecule has 0 aromatic heterocycles. The van der Waals surface area contributed by atoms with Crippen molar-refractivity contribution in [3.8, 4) is 0 Å². The molecular formula is C11H14ClN3O2. The Bertz CT molecular complexity index is 446. The summed E-state index contributed by atoms with van der Waals surface area (Å²) in [6.45, 7) is 3.03. The summed E-state index contributed by atoms with van der Waals surface area (Å²) >= 11 is 5.87. The average molecular weight is 256 g/mol. The maximum atomic E-state index is 11.6. The van der Waals surface area contributed by atoms with Crippen molar-refractivity contribution in [3.05, 3.63) is 29.3 Å². The SMILES string of the molecule is CC(C)(NC(=O)Nc1ccccc1Cl)C(N)=O. The van der Waals surface area contributed by atoms with Gasteiger partial charge < -0.3 is 16.4 Å². The number of carbonyl (C=O) groups is 2. The zero-order valence-corrected chi connectivity index (χ0v) is 10.3. The molecule has 0 atom stereocenters. The number of amides is 3. The lowest BCUT2D eigenvalue weighted by atomic mass is 10.1. The number of urea groups is 1. The smallest absolute Gasteiger partial charge is 0.320 e. The summed E-state index contributed by atoms with van der Waals surface area (Å²) in [6, 6.07) is 6.25. The monoisotopic (exact) mass is 255 g/mol. The van der Waals surface area contributed by atoms with E-state index in [1.807, 2.05) is 0 Å². The summed E-state index contributed by atoms with van der Waals surface area (Å²) in [6.07, 6.45) is 0. The standard InChI is InChI=1S/C11H14ClN3O2/c1-11(2,9(13)16)15-10(17)14-8-6-4-3-5-7(8)12/h3-6H,1-2H3,(H2,13,16)(H2,14,15,17). The van der Waals surface area contributed by atoms with E-state index in [0.29, 0.717) is 10.7 Å². The van der Waals surface area contributed by atoms with E-state index in [4.69, 9.17) is 17.3 Å². The molecule has 0 saturated heterocycles. The number of rotatable bonds is 3. The second-order valence-electron chi connectivity index (χ2n) is 4.05. The van der Waals surface area contributed by atoms with Crippen molar-refractivity contribution < 1.29 is 9.59 Å². The van der Waals surface area contributed by atoms with E-state index in [9.17, 15) is 9.59 Å². The molecule has 0 radical (unpaired) electrons. The van der Waals surface area contributed by atoms with Gasteiger partial charge in [0.2, 0.25) is 5.91 Å². The van der Waals surface area contributed by atoms with Gasteiger partial charge in [-0.05, 0) is 26.0 Å². The van der Waals surface area contributed by atoms with Crippen LogP contribution in [0.25, 0.3) is 0 Å². The quantitative estimate of drug-likeness (QED) is 0.768. The average Bonchev–Trinajstić information content (AvgIpc) is 2.20. The zero-order chi connectivity index (χ0) is 13.1. The molecule has 4 N–H and O–H groups in total. The molecule has 1 rings (SSSR count). The fourth-order valence-electron chi connectivity index (χ4n) is 1.06. The first kappa shape index (κ1) is 13.3. The minimum Gasteiger partial charge on any atom is -0.368 e. The number of hydrogen-bond acceptors (Lipinski definition) is 2. The molecule has 0 aliphatic rings. The molecule has 0 saturated carbocycles. The number of hydrogen-bond donors (Lipinski definition) is 3. The Morgan fingerprint density at radius 1 is 1.29 bits per heavy atom. The molecule has 0 heterocycles. The molecular weight excluding hydrogens is 242 g/mol. The van der Waals surface area contributed by atoms with Gasteiger partial charge in [0.1, 0.15) is 5.54 Å². The molecule has 0 unspecified atom stereocenters. The van der Waals surface area contributed by atoms with Crippen LogP contribution in [0.4, 0.5) is 10.5 Å². The summed E-state index contributed by atoms with van der Waals surface area (Å²) in [7, 11) is 0. The van der Waals surface area contributed by atoms with Crippen molar-refractivity contribution >= 4 is 29.2 Å². The number of primary amides is 1. The van der Waals surface area contributed by atoms with Crippen molar-refractivity contribution in [2.24, 2.45) is 5.73 Å². The number of nitrogens with one attached hydrogen (secondary N) is 2. The minimum atomic E-state index is -1.12. The molecule has 6 heteroatoms. The van der Waals surface area contributed by atoms with Gasteiger partial charge in [0.05, 0.1) is 10.7 Å². The highest BCUT2D eigenvalue weighted by atomic mass is 35.5. The van der Waals surface area contributed by atoms with Crippen molar-refractivity contribution in [1.29, 1.82) is 0 Å². The summed E-state index contributed by atoms with van der Waals surface area (Å²) in [5.41, 5.74) is 4.48. The zero-order valence-electron chi connectivity index (χ0n) is 9.58. The van der Waals surface area contributed by atoms with Gasteiger partial charge >= 0.3 is 6.03 Å². The highest BCUT2D eigenvalue weighted by Gasteiger charge is 2.26. The normalized spacial score (nSPS) is 10.8. The van der Waals surface area contributed by atoms with Crippen LogP contribution in [0.3, 0.4) is 0 Å². The number of benzene rings is 1. The molecule has 1 aromatic carbocycles. The fraction of sp³-hybridized carbons (Fsp3) is 0.273. The highest BCUT2D eigenvalue weighted by molar-refractivity contribution is 6.33. The lowest BCUT2D eigenvalue weighted by Crippen LogP contribution is -2.54. The molecule has 92 valence electrons. The Hall–Kier alpha value is -1.75. The Morgan fingerprint density at radius 2 is 1.88 bits per heavy atom. The molecule has 0 fully saturated rings. The van der Waals surface area contributed by atoms with Gasteiger partial charge in [-0.2, -0.15) is 0 Å². The summed E-state index contributed by atoms with van der Waals surface area (Å²) < 4.78 is 0. The number of nitrogens with two attached hydrogens (primary N) is 1. The molecule has 0 spiro atoms. The van der Waals surface area contributed by atoms with E-state index in [2.05, 4.69) is 10.6 Å². The third kappa shape index (κ3) is 3.64. The van der Waals surface area contributed by atoms with Crippen LogP contribution in [0.5, 0.6) is 0 Å². The molecule has 0 aliphatic carbocycles. The Labute approximate surface area is 104 Å². The fourth-order valence-corrected chi connectivity index (χ4v) is 1.24. The molecule has 0 bridgehead atoms. The van der Waals surface area contributed by atoms with E-state index in [1.54, 1.807) is 24.3 Å². The van der Waals surface area contributed by atoms with Crippen LogP contribution in [-0.2, 0) is 4.79 Å². The van der Waals surface area contributed by atoms with Crippen LogP contribution in [0.1, 0.15) is 13.8 Å². The first-order chi connectivity index (χ1) is 7.83. The van der Waals surface area contributed by atoms with Gasteiger partial charge in [0.15, 0.2) is 0 Å². The first-order valence-electron chi connectivity index (χ1n) is 4.96. The maximum absolute atomic E-state index is 11.6. The summed E-state index contributed by atoms with van der Waals surface area (Å²) in [5.74, 6) is -0.619. The van der Waals surface area contributed by atoms with Crippen molar-refractivity contribution in [1.82, 2.24) is 5.32 Å². The molecule has 17 heavy (non-hydrogen) atoms. The lowest BCUT2D eigenvalue weighted by molar-refractivity contribution is -0.122. The molecule has 5 nitrogen and oxygen atoms in total. The second-order valence-corrected chi connectivity index (χ2v) is 4.46. The Balaban J connectivity index is 2.69. The van der Waals surface area contributed by atoms with Gasteiger partial charge in [-0.15, -0.1) is 0 Å². The van der Waals surface area contributed by atoms with E-state index in [0.717, 1.165) is 0 Å². The van der Waals surface area contributed by atoms with Gasteiger partial charge in [-0.1, -0.05) is 23.7 Å². The third-order valence-electron chi connectivity index (χ3n) is 2.16. The predicted molar refractivity (Wildman–Crippen MR) is 66.9 cm³/mol. The topological polar surface area (TPSA) is 84.2 Å². The van der Waals surface area contributed by atoms with E-state index in [1.165, 1.54) is 13.8 Å². The number of carbonyl (C=O) groups excluding carboxylic acids is 2. The van der Waals surface area contributed by atoms with Crippen LogP contribution >= 0.6 is 11.6 Å². The highest BCUT2D eigenvalue weighted by Crippen LogP contribution is 2.20. The largest absolute Gasteiger partial charge is 0.368 e. The van der Waals surface area contributed by atoms with Crippen LogP contribution < -0.4 is 16.4 Å². The first-order valence-corrected chi connectivity index (χ1v) is 5.34. The Kier molecular flexibility index (Phi) is 3.96. The van der Waals surface area contributed by atoms with E-state index >= 15 is 0 Å². The van der Waals surface area contributed by atoms with Gasteiger partial charge in [0.25, 0.3) is 0 Å². The van der Waals surface area contributed by atoms with Crippen molar-refractivity contribution in [3.63, 3.8) is 0 Å². The predicted octanol–water partition coefficient (Wildman–Crippen LogP) is 1.73. The lowest BCUT2D eigenvalue weighted by Gasteiger charge is -2.22. The van der Waals surface area contributed by atoms with Crippen molar-refractivity contribution in [2.45, 2.75) is 19.4 Å². The number of para-hydroxylation sites is 1. The van der Waals surface area contributed by atoms with Crippen LogP contribution in [0.2, 0.25) is 5.02 Å². The minimum absolute atomic E-state index is 0.416. The summed E-state index contributed by atoms with van der Waals surface area (Å²) in [5, 5.41) is 5.40. The van der Waals surface area contributed by atoms with E-state index < -0.39 is 17.5 Å². The van der Waals surface area contributed by atoms with Crippen LogP contribution in [0, 0.1) is 0 Å². The maximum Gasteiger partial charge on any atom is 0.320 e. The van der Waals surface area contributed by atoms with Crippen molar-refractivity contribution in [2.75, 3.05) is 5.32 Å². The van der Waals surface area contributed by atoms with Gasteiger partial charge in [-0.3, -0.25) is 4.79 Å². The van der Waals surface area contributed by atoms with Gasteiger partial charge in [0, 0.05) is 0 Å². The molecule has 3 amide bonds. The molecule has 1 aromatic rings. The molecule has 0 aliphatic heterocycles. The third-order valence-corrected chi connectivity index (χ3v) is 2.49. The number of anilines is 1. The van der Waals surface area contributed by atoms with Crippen LogP contribution in [-0.4, -0.2) is 17.5 Å². The van der Waals surface area contributed by atoms with E-state index in [-0.39, 0.29) is 0 Å². The summed E-state index contributed by atoms with van der Waals surface area (Å²) in [4.78, 5) is 22.6. The van der Waals surface area contributed by atoms with Crippen LogP contribution in [0.15, 0.2) is 24.3 Å². The number of halogens is 1.